The van der Waals surface area contributed by atoms with Gasteiger partial charge in [-0.05, 0) is 74.4 Å². The van der Waals surface area contributed by atoms with Crippen LogP contribution in [0.5, 0.6) is 0 Å². The number of anilines is 1. The zero-order valence-electron chi connectivity index (χ0n) is 20.0. The molecule has 1 N–H and O–H groups in total. The summed E-state index contributed by atoms with van der Waals surface area (Å²) in [4.78, 5) is 31.7. The Bertz CT molecular complexity index is 1210. The molecule has 8 nitrogen and oxygen atoms in total. The Kier molecular flexibility index (Phi) is 6.63. The fourth-order valence-corrected chi connectivity index (χ4v) is 6.82. The Labute approximate surface area is 206 Å². The highest BCUT2D eigenvalue weighted by Gasteiger charge is 2.38. The van der Waals surface area contributed by atoms with Crippen molar-refractivity contribution < 1.29 is 18.0 Å². The molecule has 2 aromatic rings. The van der Waals surface area contributed by atoms with Gasteiger partial charge in [-0.1, -0.05) is 12.5 Å². The molecule has 1 aromatic carbocycles. The first-order valence-electron chi connectivity index (χ1n) is 12.5. The van der Waals surface area contributed by atoms with Crippen LogP contribution < -0.4 is 10.2 Å². The fourth-order valence-electron chi connectivity index (χ4n) is 5.30. The topological polar surface area (TPSA) is 99.7 Å². The van der Waals surface area contributed by atoms with Crippen LogP contribution in [0.15, 0.2) is 47.6 Å². The third kappa shape index (κ3) is 4.71. The first-order valence-corrected chi connectivity index (χ1v) is 13.9. The summed E-state index contributed by atoms with van der Waals surface area (Å²) in [5, 5.41) is 2.94. The number of nitrogens with zero attached hydrogens (tertiary/aromatic N) is 3. The summed E-state index contributed by atoms with van der Waals surface area (Å²) in [5.41, 5.74) is 2.69. The van der Waals surface area contributed by atoms with Crippen LogP contribution in [-0.4, -0.2) is 48.7 Å². The smallest absolute Gasteiger partial charge is 0.243 e. The first-order chi connectivity index (χ1) is 16.8. The summed E-state index contributed by atoms with van der Waals surface area (Å²) in [6, 6.07) is 8.93. The molecule has 186 valence electrons. The Morgan fingerprint density at radius 1 is 1.09 bits per heavy atom. The number of carbonyl (C=O) groups is 2. The molecule has 2 aliphatic heterocycles. The Morgan fingerprint density at radius 2 is 1.86 bits per heavy atom. The van der Waals surface area contributed by atoms with E-state index >= 15 is 0 Å². The molecular weight excluding hydrogens is 464 g/mol. The molecule has 2 amide bonds. The van der Waals surface area contributed by atoms with E-state index in [1.54, 1.807) is 30.6 Å². The molecule has 35 heavy (non-hydrogen) atoms. The van der Waals surface area contributed by atoms with Gasteiger partial charge in [0.2, 0.25) is 21.8 Å². The number of hydrogen-bond donors (Lipinski definition) is 1. The number of aromatic nitrogens is 1. The van der Waals surface area contributed by atoms with Crippen LogP contribution in [0.2, 0.25) is 0 Å². The average molecular weight is 497 g/mol. The normalized spacial score (nSPS) is 21.4. The van der Waals surface area contributed by atoms with Crippen molar-refractivity contribution in [1.82, 2.24) is 14.6 Å². The zero-order chi connectivity index (χ0) is 24.6. The van der Waals surface area contributed by atoms with Gasteiger partial charge in [0, 0.05) is 55.6 Å². The van der Waals surface area contributed by atoms with Crippen molar-refractivity contribution in [2.45, 2.75) is 62.9 Å². The third-order valence-corrected chi connectivity index (χ3v) is 9.51. The summed E-state index contributed by atoms with van der Waals surface area (Å²) in [6.07, 6.45) is 8.04. The quantitative estimate of drug-likeness (QED) is 0.663. The van der Waals surface area contributed by atoms with Gasteiger partial charge in [0.05, 0.1) is 4.90 Å². The molecule has 3 heterocycles. The summed E-state index contributed by atoms with van der Waals surface area (Å²) < 4.78 is 28.2. The number of piperidine rings is 1. The molecule has 1 saturated heterocycles. The minimum Gasteiger partial charge on any atom is -0.352 e. The molecule has 1 saturated carbocycles. The van der Waals surface area contributed by atoms with Crippen molar-refractivity contribution in [1.29, 1.82) is 0 Å². The van der Waals surface area contributed by atoms with Gasteiger partial charge in [-0.2, -0.15) is 4.31 Å². The lowest BCUT2D eigenvalue weighted by Gasteiger charge is -2.32. The lowest BCUT2D eigenvalue weighted by atomic mass is 9.84. The number of sulfonamides is 1. The molecule has 0 unspecified atom stereocenters. The van der Waals surface area contributed by atoms with Gasteiger partial charge < -0.3 is 10.2 Å². The SMILES string of the molecule is C[C@@H]1Cc2cc(S(=O)(=O)N3CCC(C(=O)NCc4cccnc4)CC3)ccc2N1C(=O)C1CCC1. The first kappa shape index (κ1) is 23.9. The Morgan fingerprint density at radius 3 is 2.51 bits per heavy atom. The van der Waals surface area contributed by atoms with Crippen molar-refractivity contribution in [2.75, 3.05) is 18.0 Å². The number of hydrogen-bond acceptors (Lipinski definition) is 5. The molecule has 1 aromatic heterocycles. The van der Waals surface area contributed by atoms with Crippen molar-refractivity contribution in [3.8, 4) is 0 Å². The molecule has 1 atom stereocenters. The predicted molar refractivity (Wildman–Crippen MR) is 132 cm³/mol. The van der Waals surface area contributed by atoms with Crippen molar-refractivity contribution in [2.24, 2.45) is 11.8 Å². The number of benzene rings is 1. The van der Waals surface area contributed by atoms with Gasteiger partial charge in [0.25, 0.3) is 0 Å². The second-order valence-corrected chi connectivity index (χ2v) is 11.9. The van der Waals surface area contributed by atoms with E-state index in [-0.39, 0.29) is 34.6 Å². The molecule has 2 fully saturated rings. The Balaban J connectivity index is 1.22. The molecular formula is C26H32N4O4S. The van der Waals surface area contributed by atoms with Crippen LogP contribution in [0, 0.1) is 11.8 Å². The number of rotatable bonds is 6. The maximum Gasteiger partial charge on any atom is 0.243 e. The Hall–Kier alpha value is -2.78. The van der Waals surface area contributed by atoms with Crippen LogP contribution in [0.25, 0.3) is 0 Å². The highest BCUT2D eigenvalue weighted by atomic mass is 32.2. The van der Waals surface area contributed by atoms with E-state index < -0.39 is 10.0 Å². The van der Waals surface area contributed by atoms with Gasteiger partial charge in [-0.15, -0.1) is 0 Å². The van der Waals surface area contributed by atoms with Crippen LogP contribution in [-0.2, 0) is 32.6 Å². The van der Waals surface area contributed by atoms with Crippen molar-refractivity contribution >= 4 is 27.5 Å². The third-order valence-electron chi connectivity index (χ3n) is 7.61. The number of nitrogens with one attached hydrogen (secondary N) is 1. The van der Waals surface area contributed by atoms with Crippen molar-refractivity contribution in [3.63, 3.8) is 0 Å². The maximum atomic E-state index is 13.4. The number of amides is 2. The van der Waals surface area contributed by atoms with Crippen LogP contribution in [0.3, 0.4) is 0 Å². The maximum absolute atomic E-state index is 13.4. The van der Waals surface area contributed by atoms with E-state index in [1.807, 2.05) is 24.0 Å². The second kappa shape index (κ2) is 9.70. The fraction of sp³-hybridized carbons (Fsp3) is 0.500. The molecule has 0 bridgehead atoms. The van der Waals surface area contributed by atoms with Crippen molar-refractivity contribution in [3.05, 3.63) is 53.9 Å². The summed E-state index contributed by atoms with van der Waals surface area (Å²) in [7, 11) is -3.66. The van der Waals surface area contributed by atoms with Gasteiger partial charge in [0.1, 0.15) is 0 Å². The van der Waals surface area contributed by atoms with Gasteiger partial charge in [0.15, 0.2) is 0 Å². The largest absolute Gasteiger partial charge is 0.352 e. The molecule has 9 heteroatoms. The molecule has 0 spiro atoms. The van der Waals surface area contributed by atoms with Crippen LogP contribution >= 0.6 is 0 Å². The van der Waals surface area contributed by atoms with E-state index in [2.05, 4.69) is 10.3 Å². The van der Waals surface area contributed by atoms with E-state index in [4.69, 9.17) is 0 Å². The zero-order valence-corrected chi connectivity index (χ0v) is 20.8. The van der Waals surface area contributed by atoms with Gasteiger partial charge in [-0.3, -0.25) is 14.6 Å². The molecule has 0 radical (unpaired) electrons. The summed E-state index contributed by atoms with van der Waals surface area (Å²) in [5.74, 6) is 0.0235. The summed E-state index contributed by atoms with van der Waals surface area (Å²) >= 11 is 0. The second-order valence-electron chi connectivity index (χ2n) is 9.94. The monoisotopic (exact) mass is 496 g/mol. The lowest BCUT2D eigenvalue weighted by molar-refractivity contribution is -0.126. The lowest BCUT2D eigenvalue weighted by Crippen LogP contribution is -2.43. The highest BCUT2D eigenvalue weighted by Crippen LogP contribution is 2.38. The number of fused-ring (bicyclic) bond motifs is 1. The molecule has 3 aliphatic rings. The van der Waals surface area contributed by atoms with E-state index in [0.717, 1.165) is 36.1 Å². The standard InChI is InChI=1S/C26H32N4O4S/c1-18-14-22-15-23(7-8-24(22)30(18)26(32)21-5-2-6-21)35(33,34)29-12-9-20(10-13-29)25(31)28-17-19-4-3-11-27-16-19/h3-4,7-8,11,15-16,18,20-21H,2,5-6,9-10,12-14,17H2,1H3,(H,28,31)/t18-/m1/s1. The van der Waals surface area contributed by atoms with Crippen LogP contribution in [0.4, 0.5) is 5.69 Å². The minimum absolute atomic E-state index is 0.0389. The number of carbonyl (C=O) groups excluding carboxylic acids is 2. The molecule has 5 rings (SSSR count). The highest BCUT2D eigenvalue weighted by molar-refractivity contribution is 7.89. The number of pyridine rings is 1. The van der Waals surface area contributed by atoms with E-state index in [1.165, 1.54) is 4.31 Å². The van der Waals surface area contributed by atoms with Crippen LogP contribution in [0.1, 0.15) is 50.2 Å². The van der Waals surface area contributed by atoms with Gasteiger partial charge >= 0.3 is 0 Å². The van der Waals surface area contributed by atoms with E-state index in [0.29, 0.717) is 38.9 Å². The van der Waals surface area contributed by atoms with Gasteiger partial charge in [-0.25, -0.2) is 8.42 Å². The van der Waals surface area contributed by atoms with E-state index in [9.17, 15) is 18.0 Å². The predicted octanol–water partition coefficient (Wildman–Crippen LogP) is 2.88. The molecule has 1 aliphatic carbocycles. The summed E-state index contributed by atoms with van der Waals surface area (Å²) in [6.45, 7) is 3.06. The minimum atomic E-state index is -3.66. The average Bonchev–Trinajstić information content (AvgIpc) is 3.17.